The first-order chi connectivity index (χ1) is 6.56. The maximum absolute atomic E-state index is 13.3. The van der Waals surface area contributed by atoms with Crippen LogP contribution in [0, 0.1) is 5.82 Å². The van der Waals surface area contributed by atoms with E-state index in [9.17, 15) is 9.18 Å². The number of nitrogens with two attached hydrogens (primary N) is 1. The minimum Gasteiger partial charge on any atom is -0.494 e. The SMILES string of the molecule is CCOc1cc(N)c(F)c(C(C)=O)c1. The van der Waals surface area contributed by atoms with Gasteiger partial charge in [0.05, 0.1) is 17.9 Å². The summed E-state index contributed by atoms with van der Waals surface area (Å²) in [4.78, 5) is 11.0. The van der Waals surface area contributed by atoms with E-state index >= 15 is 0 Å². The monoisotopic (exact) mass is 197 g/mol. The predicted molar refractivity (Wildman–Crippen MR) is 52.0 cm³/mol. The Morgan fingerprint density at radius 3 is 2.71 bits per heavy atom. The van der Waals surface area contributed by atoms with Crippen LogP contribution in [-0.4, -0.2) is 12.4 Å². The molecule has 1 aromatic rings. The lowest BCUT2D eigenvalue weighted by Crippen LogP contribution is -2.03. The summed E-state index contributed by atoms with van der Waals surface area (Å²) in [5.41, 5.74) is 5.28. The molecule has 0 aliphatic rings. The number of ketones is 1. The molecule has 0 fully saturated rings. The van der Waals surface area contributed by atoms with Gasteiger partial charge >= 0.3 is 0 Å². The number of hydrogen-bond donors (Lipinski definition) is 1. The van der Waals surface area contributed by atoms with Gasteiger partial charge in [0.15, 0.2) is 11.6 Å². The average molecular weight is 197 g/mol. The van der Waals surface area contributed by atoms with Gasteiger partial charge in [0, 0.05) is 6.07 Å². The topological polar surface area (TPSA) is 52.3 Å². The second-order valence-electron chi connectivity index (χ2n) is 2.86. The minimum absolute atomic E-state index is 0.0338. The molecule has 0 aromatic heterocycles. The Hall–Kier alpha value is -1.58. The molecule has 0 amide bonds. The van der Waals surface area contributed by atoms with Gasteiger partial charge in [-0.1, -0.05) is 0 Å². The Morgan fingerprint density at radius 1 is 1.57 bits per heavy atom. The van der Waals surface area contributed by atoms with E-state index in [1.54, 1.807) is 6.92 Å². The first-order valence-corrected chi connectivity index (χ1v) is 4.29. The van der Waals surface area contributed by atoms with Crippen molar-refractivity contribution >= 4 is 11.5 Å². The lowest BCUT2D eigenvalue weighted by atomic mass is 10.1. The van der Waals surface area contributed by atoms with Crippen molar-refractivity contribution in [2.24, 2.45) is 0 Å². The van der Waals surface area contributed by atoms with E-state index in [-0.39, 0.29) is 17.0 Å². The van der Waals surface area contributed by atoms with E-state index in [1.807, 2.05) is 0 Å². The van der Waals surface area contributed by atoms with Gasteiger partial charge in [-0.2, -0.15) is 0 Å². The van der Waals surface area contributed by atoms with Gasteiger partial charge < -0.3 is 10.5 Å². The zero-order valence-electron chi connectivity index (χ0n) is 8.13. The Labute approximate surface area is 81.7 Å². The van der Waals surface area contributed by atoms with Crippen LogP contribution in [-0.2, 0) is 0 Å². The molecule has 0 atom stereocenters. The number of nitrogen functional groups attached to an aromatic ring is 1. The van der Waals surface area contributed by atoms with Crippen molar-refractivity contribution in [1.82, 2.24) is 0 Å². The van der Waals surface area contributed by atoms with Crippen molar-refractivity contribution in [2.75, 3.05) is 12.3 Å². The fraction of sp³-hybridized carbons (Fsp3) is 0.300. The second kappa shape index (κ2) is 4.09. The van der Waals surface area contributed by atoms with Gasteiger partial charge in [0.25, 0.3) is 0 Å². The molecule has 1 aromatic carbocycles. The Bertz CT molecular complexity index is 363. The smallest absolute Gasteiger partial charge is 0.162 e. The van der Waals surface area contributed by atoms with Gasteiger partial charge in [-0.15, -0.1) is 0 Å². The molecule has 0 saturated heterocycles. The minimum atomic E-state index is -0.680. The second-order valence-corrected chi connectivity index (χ2v) is 2.86. The number of benzene rings is 1. The van der Waals surface area contributed by atoms with E-state index in [4.69, 9.17) is 10.5 Å². The summed E-state index contributed by atoms with van der Waals surface area (Å²) in [5, 5.41) is 0. The molecule has 1 rings (SSSR count). The van der Waals surface area contributed by atoms with E-state index in [1.165, 1.54) is 19.1 Å². The number of halogens is 1. The van der Waals surface area contributed by atoms with Crippen LogP contribution in [0.3, 0.4) is 0 Å². The first-order valence-electron chi connectivity index (χ1n) is 4.29. The average Bonchev–Trinajstić information content (AvgIpc) is 2.11. The molecule has 0 bridgehead atoms. The lowest BCUT2D eigenvalue weighted by Gasteiger charge is -2.07. The van der Waals surface area contributed by atoms with Gasteiger partial charge in [-0.25, -0.2) is 4.39 Å². The van der Waals surface area contributed by atoms with Gasteiger partial charge in [0.1, 0.15) is 5.75 Å². The predicted octanol–water partition coefficient (Wildman–Crippen LogP) is 2.01. The van der Waals surface area contributed by atoms with Crippen LogP contribution in [0.25, 0.3) is 0 Å². The molecule has 4 heteroatoms. The van der Waals surface area contributed by atoms with Crippen molar-refractivity contribution in [2.45, 2.75) is 13.8 Å². The van der Waals surface area contributed by atoms with Crippen LogP contribution in [0.5, 0.6) is 5.75 Å². The van der Waals surface area contributed by atoms with Crippen LogP contribution in [0.4, 0.5) is 10.1 Å². The fourth-order valence-corrected chi connectivity index (χ4v) is 1.13. The van der Waals surface area contributed by atoms with Crippen molar-refractivity contribution in [3.05, 3.63) is 23.5 Å². The fourth-order valence-electron chi connectivity index (χ4n) is 1.13. The van der Waals surface area contributed by atoms with Gasteiger partial charge in [-0.05, 0) is 19.9 Å². The first kappa shape index (κ1) is 10.5. The number of rotatable bonds is 3. The number of anilines is 1. The highest BCUT2D eigenvalue weighted by Crippen LogP contribution is 2.23. The summed E-state index contributed by atoms with van der Waals surface area (Å²) < 4.78 is 18.4. The number of ether oxygens (including phenoxy) is 1. The highest BCUT2D eigenvalue weighted by Gasteiger charge is 2.12. The Morgan fingerprint density at radius 2 is 2.21 bits per heavy atom. The summed E-state index contributed by atoms with van der Waals surface area (Å²) >= 11 is 0. The number of hydrogen-bond acceptors (Lipinski definition) is 3. The molecule has 0 unspecified atom stereocenters. The van der Waals surface area contributed by atoms with Crippen LogP contribution in [0.1, 0.15) is 24.2 Å². The van der Waals surface area contributed by atoms with E-state index in [0.717, 1.165) is 0 Å². The van der Waals surface area contributed by atoms with Crippen molar-refractivity contribution in [3.8, 4) is 5.75 Å². The Kier molecular flexibility index (Phi) is 3.06. The lowest BCUT2D eigenvalue weighted by molar-refractivity contribution is 0.101. The molecule has 0 aliphatic heterocycles. The quantitative estimate of drug-likeness (QED) is 0.595. The third kappa shape index (κ3) is 2.02. The van der Waals surface area contributed by atoms with Gasteiger partial charge in [-0.3, -0.25) is 4.79 Å². The third-order valence-corrected chi connectivity index (χ3v) is 1.76. The number of carbonyl (C=O) groups excluding carboxylic acids is 1. The molecule has 0 heterocycles. The summed E-state index contributed by atoms with van der Waals surface area (Å²) in [6.45, 7) is 3.53. The number of carbonyl (C=O) groups is 1. The maximum atomic E-state index is 13.3. The van der Waals surface area contributed by atoms with Crippen LogP contribution < -0.4 is 10.5 Å². The molecule has 14 heavy (non-hydrogen) atoms. The molecular formula is C10H12FNO2. The van der Waals surface area contributed by atoms with Crippen molar-refractivity contribution in [3.63, 3.8) is 0 Å². The molecule has 0 spiro atoms. The molecule has 0 saturated carbocycles. The molecule has 3 nitrogen and oxygen atoms in total. The van der Waals surface area contributed by atoms with E-state index < -0.39 is 5.82 Å². The highest BCUT2D eigenvalue weighted by atomic mass is 19.1. The number of Topliss-reactive ketones (excluding diaryl/α,β-unsaturated/α-hetero) is 1. The van der Waals surface area contributed by atoms with Gasteiger partial charge in [0.2, 0.25) is 0 Å². The Balaban J connectivity index is 3.21. The van der Waals surface area contributed by atoms with Crippen LogP contribution >= 0.6 is 0 Å². The molecular weight excluding hydrogens is 185 g/mol. The van der Waals surface area contributed by atoms with Crippen molar-refractivity contribution in [1.29, 1.82) is 0 Å². The van der Waals surface area contributed by atoms with E-state index in [2.05, 4.69) is 0 Å². The van der Waals surface area contributed by atoms with Crippen LogP contribution in [0.2, 0.25) is 0 Å². The summed E-state index contributed by atoms with van der Waals surface area (Å²) in [5.74, 6) is -0.631. The molecule has 76 valence electrons. The summed E-state index contributed by atoms with van der Waals surface area (Å²) in [7, 11) is 0. The van der Waals surface area contributed by atoms with Crippen LogP contribution in [0.15, 0.2) is 12.1 Å². The molecule has 0 radical (unpaired) electrons. The van der Waals surface area contributed by atoms with Crippen molar-refractivity contribution < 1.29 is 13.9 Å². The largest absolute Gasteiger partial charge is 0.494 e. The maximum Gasteiger partial charge on any atom is 0.162 e. The highest BCUT2D eigenvalue weighted by molar-refractivity contribution is 5.95. The van der Waals surface area contributed by atoms with E-state index in [0.29, 0.717) is 12.4 Å². The zero-order valence-corrected chi connectivity index (χ0v) is 8.13. The molecule has 2 N–H and O–H groups in total. The standard InChI is InChI=1S/C10H12FNO2/c1-3-14-7-4-8(6(2)13)10(11)9(12)5-7/h4-5H,3,12H2,1-2H3. The normalized spacial score (nSPS) is 9.93. The molecule has 0 aliphatic carbocycles. The summed E-state index contributed by atoms with van der Waals surface area (Å²) in [6, 6.07) is 2.72. The summed E-state index contributed by atoms with van der Waals surface area (Å²) in [6.07, 6.45) is 0. The zero-order chi connectivity index (χ0) is 10.7. The third-order valence-electron chi connectivity index (χ3n) is 1.76.